The van der Waals surface area contributed by atoms with E-state index in [1.165, 1.54) is 0 Å². The molecule has 7 nitrogen and oxygen atoms in total. The number of amides is 3. The molecule has 0 aromatic heterocycles. The second-order valence-electron chi connectivity index (χ2n) is 9.55. The smallest absolute Gasteiger partial charge is 0.323 e. The highest BCUT2D eigenvalue weighted by atomic mass is 35.5. The number of rotatable bonds is 10. The topological polar surface area (TPSA) is 82.7 Å². The Kier molecular flexibility index (Phi) is 10.0. The van der Waals surface area contributed by atoms with Crippen LogP contribution in [0.4, 0.5) is 16.2 Å². The maximum atomic E-state index is 13.5. The molecule has 0 atom stereocenters. The molecule has 1 fully saturated rings. The third-order valence-corrected chi connectivity index (χ3v) is 7.16. The molecule has 1 aliphatic heterocycles. The summed E-state index contributed by atoms with van der Waals surface area (Å²) in [6, 6.07) is 22.1. The molecule has 4 rings (SSSR count). The second-order valence-corrected chi connectivity index (χ2v) is 9.96. The number of carbonyl (C=O) groups is 2. The third kappa shape index (κ3) is 7.97. The Morgan fingerprint density at radius 2 is 1.66 bits per heavy atom. The molecule has 3 aromatic rings. The van der Waals surface area contributed by atoms with Crippen LogP contribution in [-0.4, -0.2) is 43.6 Å². The molecule has 0 bridgehead atoms. The van der Waals surface area contributed by atoms with Crippen molar-refractivity contribution in [3.05, 3.63) is 88.9 Å². The van der Waals surface area contributed by atoms with Crippen molar-refractivity contribution < 1.29 is 14.3 Å². The van der Waals surface area contributed by atoms with Gasteiger partial charge in [-0.15, -0.1) is 0 Å². The molecule has 1 heterocycles. The maximum absolute atomic E-state index is 13.5. The number of benzene rings is 3. The minimum Gasteiger partial charge on any atom is -0.495 e. The van der Waals surface area contributed by atoms with Gasteiger partial charge >= 0.3 is 6.03 Å². The SMILES string of the molecule is COc1cc(CC(=O)N(CCC2CCNCC2)Cc2ccccc2)ccc1NC(=O)Nc1ccccc1Cl. The maximum Gasteiger partial charge on any atom is 0.323 e. The molecule has 3 N–H and O–H groups in total. The zero-order valence-electron chi connectivity index (χ0n) is 21.7. The fourth-order valence-electron chi connectivity index (χ4n) is 4.68. The van der Waals surface area contributed by atoms with Crippen LogP contribution in [0, 0.1) is 5.92 Å². The van der Waals surface area contributed by atoms with E-state index in [2.05, 4.69) is 28.1 Å². The Bertz CT molecular complexity index is 1220. The predicted molar refractivity (Wildman–Crippen MR) is 153 cm³/mol. The van der Waals surface area contributed by atoms with Gasteiger partial charge in [-0.05, 0) is 73.7 Å². The average Bonchev–Trinajstić information content (AvgIpc) is 2.94. The van der Waals surface area contributed by atoms with E-state index >= 15 is 0 Å². The van der Waals surface area contributed by atoms with Crippen molar-refractivity contribution in [2.75, 3.05) is 37.4 Å². The van der Waals surface area contributed by atoms with Crippen LogP contribution in [0.3, 0.4) is 0 Å². The second kappa shape index (κ2) is 13.8. The number of hydrogen-bond donors (Lipinski definition) is 3. The monoisotopic (exact) mass is 534 g/mol. The van der Waals surface area contributed by atoms with Crippen molar-refractivity contribution in [1.82, 2.24) is 10.2 Å². The highest BCUT2D eigenvalue weighted by Gasteiger charge is 2.20. The van der Waals surface area contributed by atoms with Crippen molar-refractivity contribution >= 4 is 34.9 Å². The first-order valence-electron chi connectivity index (χ1n) is 13.0. The number of nitrogens with zero attached hydrogens (tertiary/aromatic N) is 1. The molecule has 200 valence electrons. The molecular formula is C30H35ClN4O3. The summed E-state index contributed by atoms with van der Waals surface area (Å²) in [5.41, 5.74) is 2.95. The molecule has 1 aliphatic rings. The summed E-state index contributed by atoms with van der Waals surface area (Å²) in [6.07, 6.45) is 3.57. The van der Waals surface area contributed by atoms with Crippen molar-refractivity contribution in [3.63, 3.8) is 0 Å². The number of ether oxygens (including phenoxy) is 1. The summed E-state index contributed by atoms with van der Waals surface area (Å²) in [6.45, 7) is 3.42. The fourth-order valence-corrected chi connectivity index (χ4v) is 4.86. The summed E-state index contributed by atoms with van der Waals surface area (Å²) >= 11 is 6.14. The first-order valence-corrected chi connectivity index (χ1v) is 13.4. The number of para-hydroxylation sites is 1. The van der Waals surface area contributed by atoms with Crippen LogP contribution in [0.15, 0.2) is 72.8 Å². The molecule has 38 heavy (non-hydrogen) atoms. The van der Waals surface area contributed by atoms with Gasteiger partial charge in [-0.1, -0.05) is 60.1 Å². The van der Waals surface area contributed by atoms with Crippen LogP contribution in [0.1, 0.15) is 30.4 Å². The van der Waals surface area contributed by atoms with Crippen molar-refractivity contribution in [3.8, 4) is 5.75 Å². The van der Waals surface area contributed by atoms with Gasteiger partial charge in [-0.2, -0.15) is 0 Å². The van der Waals surface area contributed by atoms with Gasteiger partial charge in [-0.25, -0.2) is 4.79 Å². The van der Waals surface area contributed by atoms with Gasteiger partial charge in [0.25, 0.3) is 0 Å². The number of halogens is 1. The number of hydrogen-bond acceptors (Lipinski definition) is 4. The standard InChI is InChI=1S/C30H35ClN4O3/c1-38-28-19-24(11-12-27(28)34-30(37)33-26-10-6-5-9-25(26)31)20-29(36)35(21-23-7-3-2-4-8-23)18-15-22-13-16-32-17-14-22/h2-12,19,22,32H,13-18,20-21H2,1H3,(H2,33,34,37). The van der Waals surface area contributed by atoms with Gasteiger partial charge in [0.2, 0.25) is 5.91 Å². The minimum atomic E-state index is -0.438. The lowest BCUT2D eigenvalue weighted by Crippen LogP contribution is -2.35. The van der Waals surface area contributed by atoms with Gasteiger partial charge in [0.15, 0.2) is 0 Å². The minimum absolute atomic E-state index is 0.0713. The van der Waals surface area contributed by atoms with Gasteiger partial charge < -0.3 is 25.6 Å². The predicted octanol–water partition coefficient (Wildman–Crippen LogP) is 5.95. The van der Waals surface area contributed by atoms with E-state index in [4.69, 9.17) is 16.3 Å². The molecule has 0 aliphatic carbocycles. The van der Waals surface area contributed by atoms with E-state index in [0.29, 0.717) is 34.6 Å². The van der Waals surface area contributed by atoms with Gasteiger partial charge in [0.1, 0.15) is 5.75 Å². The van der Waals surface area contributed by atoms with Gasteiger partial charge in [0, 0.05) is 13.1 Å². The third-order valence-electron chi connectivity index (χ3n) is 6.83. The van der Waals surface area contributed by atoms with E-state index in [0.717, 1.165) is 50.0 Å². The summed E-state index contributed by atoms with van der Waals surface area (Å²) in [5, 5.41) is 9.39. The van der Waals surface area contributed by atoms with Gasteiger partial charge in [-0.3, -0.25) is 4.79 Å². The Hall–Kier alpha value is -3.55. The summed E-state index contributed by atoms with van der Waals surface area (Å²) in [5.74, 6) is 1.20. The Balaban J connectivity index is 1.41. The fraction of sp³-hybridized carbons (Fsp3) is 0.333. The molecular weight excluding hydrogens is 500 g/mol. The largest absolute Gasteiger partial charge is 0.495 e. The summed E-state index contributed by atoms with van der Waals surface area (Å²) < 4.78 is 5.53. The summed E-state index contributed by atoms with van der Waals surface area (Å²) in [4.78, 5) is 28.0. The van der Waals surface area contributed by atoms with Crippen molar-refractivity contribution in [2.24, 2.45) is 5.92 Å². The molecule has 0 unspecified atom stereocenters. The number of urea groups is 1. The normalized spacial score (nSPS) is 13.5. The van der Waals surface area contributed by atoms with Crippen molar-refractivity contribution in [2.45, 2.75) is 32.2 Å². The molecule has 0 spiro atoms. The van der Waals surface area contributed by atoms with E-state index < -0.39 is 6.03 Å². The van der Waals surface area contributed by atoms with E-state index in [-0.39, 0.29) is 12.3 Å². The molecule has 3 amide bonds. The van der Waals surface area contributed by atoms with E-state index in [1.54, 1.807) is 43.5 Å². The zero-order valence-corrected chi connectivity index (χ0v) is 22.5. The highest BCUT2D eigenvalue weighted by Crippen LogP contribution is 2.27. The number of anilines is 2. The lowest BCUT2D eigenvalue weighted by Gasteiger charge is -2.28. The molecule has 1 saturated heterocycles. The zero-order chi connectivity index (χ0) is 26.7. The highest BCUT2D eigenvalue weighted by molar-refractivity contribution is 6.33. The molecule has 8 heteroatoms. The Labute approximate surface area is 229 Å². The molecule has 0 radical (unpaired) electrons. The number of nitrogens with one attached hydrogen (secondary N) is 3. The Morgan fingerprint density at radius 1 is 0.947 bits per heavy atom. The lowest BCUT2D eigenvalue weighted by atomic mass is 9.94. The van der Waals surface area contributed by atoms with Crippen LogP contribution in [0.25, 0.3) is 0 Å². The van der Waals surface area contributed by atoms with Crippen molar-refractivity contribution in [1.29, 1.82) is 0 Å². The molecule has 0 saturated carbocycles. The van der Waals surface area contributed by atoms with Crippen LogP contribution >= 0.6 is 11.6 Å². The number of methoxy groups -OCH3 is 1. The molecule has 3 aromatic carbocycles. The van der Waals surface area contributed by atoms with E-state index in [9.17, 15) is 9.59 Å². The lowest BCUT2D eigenvalue weighted by molar-refractivity contribution is -0.131. The number of carbonyl (C=O) groups excluding carboxylic acids is 2. The van der Waals surface area contributed by atoms with Crippen LogP contribution in [-0.2, 0) is 17.8 Å². The van der Waals surface area contributed by atoms with Crippen LogP contribution < -0.4 is 20.7 Å². The van der Waals surface area contributed by atoms with E-state index in [1.807, 2.05) is 29.2 Å². The Morgan fingerprint density at radius 3 is 2.39 bits per heavy atom. The van der Waals surface area contributed by atoms with Gasteiger partial charge in [0.05, 0.1) is 29.9 Å². The average molecular weight is 535 g/mol. The number of piperidine rings is 1. The first kappa shape index (κ1) is 27.5. The summed E-state index contributed by atoms with van der Waals surface area (Å²) in [7, 11) is 1.54. The van der Waals surface area contributed by atoms with Crippen LogP contribution in [0.2, 0.25) is 5.02 Å². The van der Waals surface area contributed by atoms with Crippen LogP contribution in [0.5, 0.6) is 5.75 Å². The first-order chi connectivity index (χ1) is 18.5. The quantitative estimate of drug-likeness (QED) is 0.300.